The van der Waals surface area contributed by atoms with Crippen molar-refractivity contribution in [3.05, 3.63) is 70.8 Å². The Bertz CT molecular complexity index is 1140. The molecule has 0 aliphatic rings. The number of aromatic nitrogens is 1. The van der Waals surface area contributed by atoms with Crippen LogP contribution < -0.4 is 10.1 Å². The summed E-state index contributed by atoms with van der Waals surface area (Å²) in [6.45, 7) is 4.39. The molecule has 0 spiro atoms. The molecule has 33 heavy (non-hydrogen) atoms. The van der Waals surface area contributed by atoms with Gasteiger partial charge in [-0.25, -0.2) is 0 Å². The molecule has 174 valence electrons. The van der Waals surface area contributed by atoms with Gasteiger partial charge in [-0.3, -0.25) is 9.69 Å². The molecule has 3 aromatic rings. The molecule has 0 bridgehead atoms. The highest BCUT2D eigenvalue weighted by Crippen LogP contribution is 2.27. The Morgan fingerprint density at radius 1 is 1.24 bits per heavy atom. The number of carbonyl (C=O) groups is 1. The van der Waals surface area contributed by atoms with E-state index in [4.69, 9.17) is 4.42 Å². The molecule has 3 rings (SSSR count). The average Bonchev–Trinajstić information content (AvgIpc) is 3.31. The molecule has 2 aromatic heterocycles. The van der Waals surface area contributed by atoms with Crippen LogP contribution in [0.2, 0.25) is 0 Å². The maximum Gasteiger partial charge on any atom is 0.573 e. The largest absolute Gasteiger partial charge is 0.573 e. The number of carbonyl (C=O) groups excluding carboxylic acids is 1. The molecule has 0 saturated carbocycles. The maximum atomic E-state index is 12.7. The Morgan fingerprint density at radius 2 is 1.94 bits per heavy atom. The molecule has 10 heteroatoms. The van der Waals surface area contributed by atoms with Crippen LogP contribution in [0.5, 0.6) is 5.75 Å². The van der Waals surface area contributed by atoms with E-state index in [2.05, 4.69) is 16.1 Å². The van der Waals surface area contributed by atoms with Crippen LogP contribution >= 0.6 is 0 Å². The van der Waals surface area contributed by atoms with Crippen LogP contribution in [0.15, 0.2) is 47.1 Å². The normalized spacial score (nSPS) is 11.5. The first-order valence-corrected chi connectivity index (χ1v) is 10.0. The van der Waals surface area contributed by atoms with Crippen LogP contribution in [-0.2, 0) is 17.9 Å². The number of anilines is 1. The third-order valence-electron chi connectivity index (χ3n) is 5.12. The average molecular weight is 460 g/mol. The Hall–Kier alpha value is -3.71. The van der Waals surface area contributed by atoms with Crippen molar-refractivity contribution in [1.82, 2.24) is 9.47 Å². The number of nitrogens with one attached hydrogen (secondary N) is 1. The number of rotatable bonds is 8. The highest BCUT2D eigenvalue weighted by molar-refractivity contribution is 5.93. The van der Waals surface area contributed by atoms with E-state index in [0.717, 1.165) is 11.3 Å². The molecule has 1 amide bonds. The van der Waals surface area contributed by atoms with Gasteiger partial charge in [0.1, 0.15) is 23.4 Å². The second kappa shape index (κ2) is 9.83. The fourth-order valence-electron chi connectivity index (χ4n) is 3.47. The van der Waals surface area contributed by atoms with Gasteiger partial charge in [-0.15, -0.1) is 13.2 Å². The predicted molar refractivity (Wildman–Crippen MR) is 115 cm³/mol. The van der Waals surface area contributed by atoms with Gasteiger partial charge in [-0.1, -0.05) is 12.1 Å². The van der Waals surface area contributed by atoms with Crippen molar-refractivity contribution in [3.63, 3.8) is 0 Å². The van der Waals surface area contributed by atoms with Gasteiger partial charge in [0.2, 0.25) is 5.91 Å². The molecule has 0 saturated heterocycles. The SMILES string of the molecule is Cc1c(C#N)c(NC(=O)CN(C)Cc2ccc(OC(F)(F)F)cc2)n(Cc2ccco2)c1C. The first-order chi connectivity index (χ1) is 15.6. The molecule has 1 N–H and O–H groups in total. The lowest BCUT2D eigenvalue weighted by atomic mass is 10.2. The van der Waals surface area contributed by atoms with E-state index < -0.39 is 6.36 Å². The summed E-state index contributed by atoms with van der Waals surface area (Å²) < 4.78 is 48.0. The molecule has 2 heterocycles. The van der Waals surface area contributed by atoms with E-state index in [1.807, 2.05) is 24.5 Å². The van der Waals surface area contributed by atoms with Gasteiger partial charge in [-0.05, 0) is 56.3 Å². The van der Waals surface area contributed by atoms with Gasteiger partial charge in [0.25, 0.3) is 0 Å². The number of furan rings is 1. The lowest BCUT2D eigenvalue weighted by Crippen LogP contribution is -2.30. The minimum atomic E-state index is -4.75. The summed E-state index contributed by atoms with van der Waals surface area (Å²) >= 11 is 0. The first kappa shape index (κ1) is 23.9. The van der Waals surface area contributed by atoms with Crippen molar-refractivity contribution < 1.29 is 27.1 Å². The minimum absolute atomic E-state index is 0.00962. The van der Waals surface area contributed by atoms with Crippen molar-refractivity contribution >= 4 is 11.7 Å². The van der Waals surface area contributed by atoms with Gasteiger partial charge in [-0.2, -0.15) is 5.26 Å². The van der Waals surface area contributed by atoms with Crippen molar-refractivity contribution in [2.24, 2.45) is 0 Å². The van der Waals surface area contributed by atoms with E-state index in [-0.39, 0.29) is 18.2 Å². The molecule has 0 atom stereocenters. The van der Waals surface area contributed by atoms with E-state index in [1.54, 1.807) is 24.3 Å². The molecule has 0 unspecified atom stereocenters. The van der Waals surface area contributed by atoms with Crippen LogP contribution in [0.4, 0.5) is 19.0 Å². The fourth-order valence-corrected chi connectivity index (χ4v) is 3.47. The van der Waals surface area contributed by atoms with E-state index >= 15 is 0 Å². The van der Waals surface area contributed by atoms with Gasteiger partial charge < -0.3 is 19.0 Å². The van der Waals surface area contributed by atoms with Crippen LogP contribution in [0.25, 0.3) is 0 Å². The molecule has 0 fully saturated rings. The topological polar surface area (TPSA) is 83.4 Å². The third kappa shape index (κ3) is 6.17. The number of benzene rings is 1. The number of alkyl halides is 3. The number of hydrogen-bond acceptors (Lipinski definition) is 5. The minimum Gasteiger partial charge on any atom is -0.467 e. The predicted octanol–water partition coefficient (Wildman–Crippen LogP) is 4.59. The van der Waals surface area contributed by atoms with Crippen LogP contribution in [0.3, 0.4) is 0 Å². The Balaban J connectivity index is 1.67. The number of hydrogen-bond donors (Lipinski definition) is 1. The Labute approximate surface area is 189 Å². The molecular formula is C23H23F3N4O3. The van der Waals surface area contributed by atoms with E-state index in [9.17, 15) is 23.2 Å². The number of nitriles is 1. The standard InChI is InChI=1S/C23H23F3N4O3/c1-15-16(2)30(13-19-5-4-10-32-19)22(20(15)11-27)28-21(31)14-29(3)12-17-6-8-18(9-7-17)33-23(24,25)26/h4-10H,12-14H2,1-3H3,(H,28,31). The third-order valence-corrected chi connectivity index (χ3v) is 5.12. The monoisotopic (exact) mass is 460 g/mol. The summed E-state index contributed by atoms with van der Waals surface area (Å²) in [7, 11) is 1.71. The molecular weight excluding hydrogens is 437 g/mol. The summed E-state index contributed by atoms with van der Waals surface area (Å²) in [5.41, 5.74) is 2.71. The van der Waals surface area contributed by atoms with Gasteiger partial charge in [0, 0.05) is 12.2 Å². The van der Waals surface area contributed by atoms with Crippen LogP contribution in [0, 0.1) is 25.2 Å². The number of nitrogens with zero attached hydrogens (tertiary/aromatic N) is 3. The van der Waals surface area contributed by atoms with Crippen molar-refractivity contribution in [1.29, 1.82) is 5.26 Å². The summed E-state index contributed by atoms with van der Waals surface area (Å²) in [5, 5.41) is 12.4. The summed E-state index contributed by atoms with van der Waals surface area (Å²) in [6.07, 6.45) is -3.19. The second-order valence-corrected chi connectivity index (χ2v) is 7.62. The molecule has 0 radical (unpaired) electrons. The second-order valence-electron chi connectivity index (χ2n) is 7.62. The van der Waals surface area contributed by atoms with Crippen LogP contribution in [-0.4, -0.2) is 35.3 Å². The number of likely N-dealkylation sites (N-methyl/N-ethyl adjacent to an activating group) is 1. The van der Waals surface area contributed by atoms with Crippen molar-refractivity contribution in [3.8, 4) is 11.8 Å². The van der Waals surface area contributed by atoms with Gasteiger partial charge in [0.05, 0.1) is 24.9 Å². The fraction of sp³-hybridized carbons (Fsp3) is 0.304. The number of halogens is 3. The van der Waals surface area contributed by atoms with E-state index in [1.165, 1.54) is 24.3 Å². The Morgan fingerprint density at radius 3 is 2.52 bits per heavy atom. The number of amides is 1. The first-order valence-electron chi connectivity index (χ1n) is 10.0. The Kier molecular flexibility index (Phi) is 7.13. The molecule has 1 aromatic carbocycles. The van der Waals surface area contributed by atoms with E-state index in [0.29, 0.717) is 35.8 Å². The van der Waals surface area contributed by atoms with Gasteiger partial charge in [0.15, 0.2) is 0 Å². The summed E-state index contributed by atoms with van der Waals surface area (Å²) in [5.74, 6) is 0.446. The molecule has 0 aliphatic heterocycles. The van der Waals surface area contributed by atoms with Crippen molar-refractivity contribution in [2.75, 3.05) is 18.9 Å². The molecule has 7 nitrogen and oxygen atoms in total. The van der Waals surface area contributed by atoms with Crippen LogP contribution in [0.1, 0.15) is 28.1 Å². The quantitative estimate of drug-likeness (QED) is 0.532. The number of ether oxygens (including phenoxy) is 1. The van der Waals surface area contributed by atoms with Gasteiger partial charge >= 0.3 is 6.36 Å². The smallest absolute Gasteiger partial charge is 0.467 e. The zero-order valence-electron chi connectivity index (χ0n) is 18.4. The zero-order valence-corrected chi connectivity index (χ0v) is 18.4. The van der Waals surface area contributed by atoms with Crippen molar-refractivity contribution in [2.45, 2.75) is 33.3 Å². The lowest BCUT2D eigenvalue weighted by molar-refractivity contribution is -0.274. The zero-order chi connectivity index (χ0) is 24.2. The lowest BCUT2D eigenvalue weighted by Gasteiger charge is -2.18. The highest BCUT2D eigenvalue weighted by atomic mass is 19.4. The maximum absolute atomic E-state index is 12.7. The summed E-state index contributed by atoms with van der Waals surface area (Å²) in [6, 6.07) is 11.2. The highest BCUT2D eigenvalue weighted by Gasteiger charge is 2.31. The molecule has 0 aliphatic carbocycles. The summed E-state index contributed by atoms with van der Waals surface area (Å²) in [4.78, 5) is 14.4.